The number of aromatic nitrogens is 7. The van der Waals surface area contributed by atoms with Gasteiger partial charge in [-0.2, -0.15) is 23.0 Å². The van der Waals surface area contributed by atoms with Gasteiger partial charge in [-0.1, -0.05) is 29.8 Å². The third-order valence-corrected chi connectivity index (χ3v) is 6.12. The number of rotatable bonds is 6. The first kappa shape index (κ1) is 26.7. The van der Waals surface area contributed by atoms with Crippen LogP contribution in [0.3, 0.4) is 0 Å². The summed E-state index contributed by atoms with van der Waals surface area (Å²) in [7, 11) is 1.65. The molecule has 11 nitrogen and oxygen atoms in total. The molecular formula is C25H19ClF3N9O2. The molecule has 2 aromatic carbocycles. The number of ether oxygens (including phenoxy) is 1. The number of amides is 1. The van der Waals surface area contributed by atoms with E-state index in [9.17, 15) is 18.0 Å². The molecule has 0 saturated carbocycles. The first-order chi connectivity index (χ1) is 19.1. The lowest BCUT2D eigenvalue weighted by Gasteiger charge is -2.26. The van der Waals surface area contributed by atoms with Gasteiger partial charge in [0.05, 0.1) is 17.1 Å². The van der Waals surface area contributed by atoms with Crippen molar-refractivity contribution in [2.45, 2.75) is 19.1 Å². The smallest absolute Gasteiger partial charge is 0.410 e. The summed E-state index contributed by atoms with van der Waals surface area (Å²) in [6.45, 7) is 1.77. The third kappa shape index (κ3) is 5.47. The molecule has 5 rings (SSSR count). The van der Waals surface area contributed by atoms with E-state index in [0.29, 0.717) is 11.6 Å². The zero-order valence-corrected chi connectivity index (χ0v) is 21.6. The molecule has 0 bridgehead atoms. The van der Waals surface area contributed by atoms with E-state index < -0.39 is 23.9 Å². The van der Waals surface area contributed by atoms with Gasteiger partial charge in [0.15, 0.2) is 11.6 Å². The van der Waals surface area contributed by atoms with Crippen molar-refractivity contribution in [2.75, 3.05) is 17.3 Å². The molecule has 1 atom stereocenters. The molecule has 0 saturated heterocycles. The molecule has 0 aliphatic heterocycles. The molecule has 3 heterocycles. The van der Waals surface area contributed by atoms with Gasteiger partial charge in [0.1, 0.15) is 36.4 Å². The molecule has 0 radical (unpaired) electrons. The third-order valence-electron chi connectivity index (χ3n) is 5.90. The molecule has 0 fully saturated rings. The number of para-hydroxylation sites is 1. The summed E-state index contributed by atoms with van der Waals surface area (Å²) in [5.41, 5.74) is -1.24. The van der Waals surface area contributed by atoms with Gasteiger partial charge in [-0.15, -0.1) is 0 Å². The Kier molecular flexibility index (Phi) is 7.17. The molecule has 204 valence electrons. The maximum absolute atomic E-state index is 13.7. The molecule has 0 unspecified atom stereocenters. The predicted molar refractivity (Wildman–Crippen MR) is 139 cm³/mol. The van der Waals surface area contributed by atoms with E-state index in [-0.39, 0.29) is 33.4 Å². The number of carbonyl (C=O) groups is 1. The molecule has 0 aliphatic carbocycles. The van der Waals surface area contributed by atoms with Gasteiger partial charge in [0, 0.05) is 23.5 Å². The Bertz CT molecular complexity index is 1680. The average Bonchev–Trinajstić information content (AvgIpc) is 3.42. The lowest BCUT2D eigenvalue weighted by molar-refractivity contribution is -0.136. The van der Waals surface area contributed by atoms with Crippen molar-refractivity contribution in [1.29, 1.82) is 0 Å². The van der Waals surface area contributed by atoms with E-state index in [2.05, 4.69) is 35.3 Å². The highest BCUT2D eigenvalue weighted by molar-refractivity contribution is 6.31. The maximum Gasteiger partial charge on any atom is 0.418 e. The van der Waals surface area contributed by atoms with Crippen molar-refractivity contribution >= 4 is 40.2 Å². The van der Waals surface area contributed by atoms with Crippen LogP contribution in [0.15, 0.2) is 67.5 Å². The largest absolute Gasteiger partial charge is 0.418 e. The predicted octanol–water partition coefficient (Wildman–Crippen LogP) is 5.48. The standard InChI is InChI=1S/C25H19ClF3N9O2/c1-14(37(2)23-17-8-15(26)9-18(25(27,28)29)21(17)32-12-33-23)22-34-13-35-38(22)20-10-19(30-11-31-20)36-24(39)40-16-6-4-3-5-7-16/h3-14H,1-2H3,(H,30,31,36,39)/t14-/m0/s1. The highest BCUT2D eigenvalue weighted by Gasteiger charge is 2.35. The summed E-state index contributed by atoms with van der Waals surface area (Å²) >= 11 is 6.03. The van der Waals surface area contributed by atoms with E-state index in [1.165, 1.54) is 29.5 Å². The lowest BCUT2D eigenvalue weighted by Crippen LogP contribution is -2.26. The molecule has 1 N–H and O–H groups in total. The second-order valence-corrected chi connectivity index (χ2v) is 8.89. The molecular weight excluding hydrogens is 551 g/mol. The van der Waals surface area contributed by atoms with Crippen LogP contribution in [0.1, 0.15) is 24.4 Å². The Balaban J connectivity index is 1.43. The summed E-state index contributed by atoms with van der Waals surface area (Å²) in [6.07, 6.45) is -1.83. The van der Waals surface area contributed by atoms with Crippen LogP contribution in [-0.2, 0) is 6.18 Å². The van der Waals surface area contributed by atoms with Gasteiger partial charge in [-0.25, -0.2) is 29.7 Å². The number of hydrogen-bond acceptors (Lipinski definition) is 9. The second kappa shape index (κ2) is 10.7. The fourth-order valence-electron chi connectivity index (χ4n) is 3.94. The Morgan fingerprint density at radius 2 is 1.77 bits per heavy atom. The minimum Gasteiger partial charge on any atom is -0.410 e. The molecule has 3 aromatic heterocycles. The second-order valence-electron chi connectivity index (χ2n) is 8.45. The number of nitrogens with one attached hydrogen (secondary N) is 1. The summed E-state index contributed by atoms with van der Waals surface area (Å²) in [5.74, 6) is 1.35. The van der Waals surface area contributed by atoms with Crippen molar-refractivity contribution in [2.24, 2.45) is 0 Å². The number of halogens is 4. The van der Waals surface area contributed by atoms with Crippen LogP contribution >= 0.6 is 11.6 Å². The summed E-state index contributed by atoms with van der Waals surface area (Å²) < 4.78 is 47.7. The number of alkyl halides is 3. The van der Waals surface area contributed by atoms with E-state index in [0.717, 1.165) is 12.4 Å². The average molecular weight is 570 g/mol. The van der Waals surface area contributed by atoms with Gasteiger partial charge >= 0.3 is 12.3 Å². The number of fused-ring (bicyclic) bond motifs is 1. The van der Waals surface area contributed by atoms with Crippen molar-refractivity contribution in [3.8, 4) is 11.6 Å². The zero-order valence-electron chi connectivity index (χ0n) is 20.8. The molecule has 0 aliphatic rings. The van der Waals surface area contributed by atoms with Gasteiger partial charge in [0.25, 0.3) is 0 Å². The summed E-state index contributed by atoms with van der Waals surface area (Å²) in [6, 6.07) is 11.6. The molecule has 5 aromatic rings. The van der Waals surface area contributed by atoms with Crippen LogP contribution in [-0.4, -0.2) is 47.8 Å². The van der Waals surface area contributed by atoms with Crippen molar-refractivity contribution in [3.63, 3.8) is 0 Å². The van der Waals surface area contributed by atoms with Gasteiger partial charge < -0.3 is 9.64 Å². The number of carbonyl (C=O) groups excluding carboxylic acids is 1. The Labute approximate surface area is 229 Å². The van der Waals surface area contributed by atoms with Crippen molar-refractivity contribution in [3.05, 3.63) is 83.9 Å². The van der Waals surface area contributed by atoms with E-state index in [1.54, 1.807) is 49.2 Å². The highest BCUT2D eigenvalue weighted by Crippen LogP contribution is 2.39. The van der Waals surface area contributed by atoms with Crippen LogP contribution in [0.2, 0.25) is 5.02 Å². The fourth-order valence-corrected chi connectivity index (χ4v) is 4.16. The monoisotopic (exact) mass is 569 g/mol. The normalized spacial score (nSPS) is 12.2. The minimum atomic E-state index is -4.66. The Morgan fingerprint density at radius 3 is 2.52 bits per heavy atom. The molecule has 0 spiro atoms. The number of hydrogen-bond donors (Lipinski definition) is 1. The van der Waals surface area contributed by atoms with E-state index in [4.69, 9.17) is 16.3 Å². The highest BCUT2D eigenvalue weighted by atomic mass is 35.5. The van der Waals surface area contributed by atoms with Gasteiger partial charge in [-0.05, 0) is 31.2 Å². The van der Waals surface area contributed by atoms with Gasteiger partial charge in [0.2, 0.25) is 0 Å². The molecule has 40 heavy (non-hydrogen) atoms. The van der Waals surface area contributed by atoms with Crippen LogP contribution in [0.4, 0.5) is 29.6 Å². The minimum absolute atomic E-state index is 0.105. The maximum atomic E-state index is 13.7. The summed E-state index contributed by atoms with van der Waals surface area (Å²) in [5, 5.41) is 6.78. The fraction of sp³-hybridized carbons (Fsp3) is 0.160. The van der Waals surface area contributed by atoms with Gasteiger partial charge in [-0.3, -0.25) is 5.32 Å². The van der Waals surface area contributed by atoms with Crippen molar-refractivity contribution < 1.29 is 22.7 Å². The quantitative estimate of drug-likeness (QED) is 0.283. The van der Waals surface area contributed by atoms with Crippen molar-refractivity contribution in [1.82, 2.24) is 34.7 Å². The Morgan fingerprint density at radius 1 is 1.02 bits per heavy atom. The zero-order chi connectivity index (χ0) is 28.4. The number of anilines is 2. The number of nitrogens with zero attached hydrogens (tertiary/aromatic N) is 8. The number of benzene rings is 2. The SMILES string of the molecule is C[C@@H](c1ncnn1-c1cc(NC(=O)Oc2ccccc2)ncn1)N(C)c1ncnc2c(C(F)(F)F)cc(Cl)cc12. The van der Waals surface area contributed by atoms with Crippen LogP contribution in [0.25, 0.3) is 16.7 Å². The first-order valence-corrected chi connectivity index (χ1v) is 12.0. The molecule has 1 amide bonds. The van der Waals surface area contributed by atoms with E-state index >= 15 is 0 Å². The lowest BCUT2D eigenvalue weighted by atomic mass is 10.1. The topological polar surface area (TPSA) is 124 Å². The first-order valence-electron chi connectivity index (χ1n) is 11.6. The Hall–Kier alpha value is -4.85. The molecule has 15 heteroatoms. The summed E-state index contributed by atoms with van der Waals surface area (Å²) in [4.78, 5) is 34.6. The van der Waals surface area contributed by atoms with Crippen LogP contribution in [0, 0.1) is 0 Å². The van der Waals surface area contributed by atoms with Crippen LogP contribution < -0.4 is 15.0 Å². The van der Waals surface area contributed by atoms with Crippen LogP contribution in [0.5, 0.6) is 5.75 Å². The van der Waals surface area contributed by atoms with E-state index in [1.807, 2.05) is 0 Å².